The van der Waals surface area contributed by atoms with E-state index in [-0.39, 0.29) is 12.1 Å². The summed E-state index contributed by atoms with van der Waals surface area (Å²) in [5.74, 6) is -0.262. The summed E-state index contributed by atoms with van der Waals surface area (Å²) in [6.07, 6.45) is 9.25. The fraction of sp³-hybridized carbons (Fsp3) is 0.476. The SMILES string of the molecule is CO[C@H](C(=O)OC1CCN(Cc2ccccc2)CC1)C1=CCCC=C1. The quantitative estimate of drug-likeness (QED) is 0.743. The molecule has 3 rings (SSSR count). The van der Waals surface area contributed by atoms with E-state index in [4.69, 9.17) is 9.47 Å². The third-order valence-electron chi connectivity index (χ3n) is 4.84. The summed E-state index contributed by atoms with van der Waals surface area (Å²) in [6, 6.07) is 10.5. The van der Waals surface area contributed by atoms with Crippen LogP contribution in [0.3, 0.4) is 0 Å². The van der Waals surface area contributed by atoms with Crippen LogP contribution in [0.2, 0.25) is 0 Å². The summed E-state index contributed by atoms with van der Waals surface area (Å²) in [4.78, 5) is 14.9. The predicted molar refractivity (Wildman–Crippen MR) is 98.1 cm³/mol. The molecule has 0 N–H and O–H groups in total. The molecule has 1 aliphatic carbocycles. The summed E-state index contributed by atoms with van der Waals surface area (Å²) >= 11 is 0. The van der Waals surface area contributed by atoms with Crippen molar-refractivity contribution < 1.29 is 14.3 Å². The van der Waals surface area contributed by atoms with E-state index >= 15 is 0 Å². The maximum Gasteiger partial charge on any atom is 0.340 e. The molecule has 25 heavy (non-hydrogen) atoms. The first-order chi connectivity index (χ1) is 12.3. The highest BCUT2D eigenvalue weighted by Gasteiger charge is 2.28. The lowest BCUT2D eigenvalue weighted by Crippen LogP contribution is -2.39. The molecule has 0 aromatic heterocycles. The molecule has 1 aromatic rings. The zero-order valence-corrected chi connectivity index (χ0v) is 14.9. The van der Waals surface area contributed by atoms with Crippen molar-refractivity contribution in [1.29, 1.82) is 0 Å². The Hall–Kier alpha value is -1.91. The molecule has 4 heteroatoms. The molecule has 0 spiro atoms. The normalized spacial score (nSPS) is 20.1. The second kappa shape index (κ2) is 8.97. The standard InChI is InChI=1S/C21H27NO3/c1-24-20(18-10-6-3-7-11-18)21(23)25-19-12-14-22(15-13-19)16-17-8-4-2-5-9-17/h2,4-6,8-11,19-20H,3,7,12-16H2,1H3/t20-/m0/s1. The van der Waals surface area contributed by atoms with Gasteiger partial charge in [0.05, 0.1) is 0 Å². The number of hydrogen-bond acceptors (Lipinski definition) is 4. The van der Waals surface area contributed by atoms with Gasteiger partial charge in [-0.1, -0.05) is 48.6 Å². The minimum Gasteiger partial charge on any atom is -0.460 e. The smallest absolute Gasteiger partial charge is 0.340 e. The molecule has 134 valence electrons. The molecule has 1 saturated heterocycles. The van der Waals surface area contributed by atoms with Gasteiger partial charge >= 0.3 is 5.97 Å². The van der Waals surface area contributed by atoms with Crippen molar-refractivity contribution in [2.75, 3.05) is 20.2 Å². The number of ether oxygens (including phenoxy) is 2. The molecule has 0 unspecified atom stereocenters. The molecule has 0 radical (unpaired) electrons. The van der Waals surface area contributed by atoms with Gasteiger partial charge in [-0.05, 0) is 36.8 Å². The highest BCUT2D eigenvalue weighted by molar-refractivity contribution is 5.79. The number of allylic oxidation sites excluding steroid dienone is 2. The van der Waals surface area contributed by atoms with Crippen LogP contribution in [0.15, 0.2) is 54.1 Å². The second-order valence-electron chi connectivity index (χ2n) is 6.70. The van der Waals surface area contributed by atoms with Gasteiger partial charge in [0.25, 0.3) is 0 Å². The Morgan fingerprint density at radius 2 is 1.96 bits per heavy atom. The highest BCUT2D eigenvalue weighted by Crippen LogP contribution is 2.21. The third-order valence-corrected chi connectivity index (χ3v) is 4.84. The number of hydrogen-bond donors (Lipinski definition) is 0. The van der Waals surface area contributed by atoms with E-state index in [1.165, 1.54) is 5.56 Å². The van der Waals surface area contributed by atoms with Crippen molar-refractivity contribution in [3.05, 3.63) is 59.7 Å². The Kier molecular flexibility index (Phi) is 6.42. The lowest BCUT2D eigenvalue weighted by Gasteiger charge is -2.32. The molecular weight excluding hydrogens is 314 g/mol. The van der Waals surface area contributed by atoms with Gasteiger partial charge in [0.15, 0.2) is 6.10 Å². The van der Waals surface area contributed by atoms with Crippen LogP contribution in [0, 0.1) is 0 Å². The minimum absolute atomic E-state index is 0.00894. The molecule has 1 aliphatic heterocycles. The number of carbonyl (C=O) groups excluding carboxylic acids is 1. The first-order valence-electron chi connectivity index (χ1n) is 9.12. The van der Waals surface area contributed by atoms with E-state index in [2.05, 4.69) is 41.3 Å². The fourth-order valence-electron chi connectivity index (χ4n) is 3.45. The number of esters is 1. The molecule has 1 atom stereocenters. The molecular formula is C21H27NO3. The van der Waals surface area contributed by atoms with Crippen molar-refractivity contribution in [2.45, 2.75) is 44.4 Å². The third kappa shape index (κ3) is 5.03. The van der Waals surface area contributed by atoms with E-state index in [9.17, 15) is 4.79 Å². The summed E-state index contributed by atoms with van der Waals surface area (Å²) in [6.45, 7) is 2.86. The molecule has 0 amide bonds. The van der Waals surface area contributed by atoms with Crippen molar-refractivity contribution in [3.8, 4) is 0 Å². The van der Waals surface area contributed by atoms with Crippen LogP contribution in [-0.4, -0.2) is 43.3 Å². The fourth-order valence-corrected chi connectivity index (χ4v) is 3.45. The topological polar surface area (TPSA) is 38.8 Å². The van der Waals surface area contributed by atoms with Crippen LogP contribution >= 0.6 is 0 Å². The van der Waals surface area contributed by atoms with Gasteiger partial charge in [0, 0.05) is 26.7 Å². The number of nitrogens with zero attached hydrogens (tertiary/aromatic N) is 1. The maximum atomic E-state index is 12.5. The van der Waals surface area contributed by atoms with Crippen molar-refractivity contribution in [1.82, 2.24) is 4.90 Å². The molecule has 0 saturated carbocycles. The van der Waals surface area contributed by atoms with E-state index < -0.39 is 6.10 Å². The van der Waals surface area contributed by atoms with Crippen molar-refractivity contribution in [3.63, 3.8) is 0 Å². The number of likely N-dealkylation sites (tertiary alicyclic amines) is 1. The summed E-state index contributed by atoms with van der Waals surface area (Å²) in [5, 5.41) is 0. The first-order valence-corrected chi connectivity index (χ1v) is 9.12. The number of benzene rings is 1. The first kappa shape index (κ1) is 17.9. The van der Waals surface area contributed by atoms with Gasteiger partial charge in [-0.25, -0.2) is 4.79 Å². The minimum atomic E-state index is -0.598. The predicted octanol–water partition coefficient (Wildman–Crippen LogP) is 3.49. The second-order valence-corrected chi connectivity index (χ2v) is 6.70. The van der Waals surface area contributed by atoms with Crippen LogP contribution < -0.4 is 0 Å². The monoisotopic (exact) mass is 341 g/mol. The van der Waals surface area contributed by atoms with Crippen LogP contribution in [0.1, 0.15) is 31.2 Å². The highest BCUT2D eigenvalue weighted by atomic mass is 16.6. The zero-order chi connectivity index (χ0) is 17.5. The molecule has 1 fully saturated rings. The van der Waals surface area contributed by atoms with Gasteiger partial charge in [-0.2, -0.15) is 0 Å². The van der Waals surface area contributed by atoms with Crippen molar-refractivity contribution >= 4 is 5.97 Å². The number of carbonyl (C=O) groups is 1. The van der Waals surface area contributed by atoms with Crippen LogP contribution in [0.25, 0.3) is 0 Å². The van der Waals surface area contributed by atoms with Crippen LogP contribution in [-0.2, 0) is 20.8 Å². The molecule has 0 bridgehead atoms. The Labute approximate surface area is 150 Å². The average molecular weight is 341 g/mol. The number of rotatable bonds is 6. The van der Waals surface area contributed by atoms with Gasteiger partial charge in [0.1, 0.15) is 6.10 Å². The van der Waals surface area contributed by atoms with Gasteiger partial charge in [-0.15, -0.1) is 0 Å². The molecule has 1 heterocycles. The summed E-state index contributed by atoms with van der Waals surface area (Å²) in [7, 11) is 1.57. The van der Waals surface area contributed by atoms with Gasteiger partial charge < -0.3 is 9.47 Å². The molecule has 1 aromatic carbocycles. The van der Waals surface area contributed by atoms with E-state index in [0.717, 1.165) is 50.9 Å². The lowest BCUT2D eigenvalue weighted by atomic mass is 10.0. The van der Waals surface area contributed by atoms with Gasteiger partial charge in [-0.3, -0.25) is 4.90 Å². The Bertz CT molecular complexity index is 615. The largest absolute Gasteiger partial charge is 0.460 e. The van der Waals surface area contributed by atoms with E-state index in [0.29, 0.717) is 0 Å². The van der Waals surface area contributed by atoms with E-state index in [1.807, 2.05) is 12.1 Å². The summed E-state index contributed by atoms with van der Waals surface area (Å²) < 4.78 is 11.1. The molecule has 4 nitrogen and oxygen atoms in total. The van der Waals surface area contributed by atoms with E-state index in [1.54, 1.807) is 7.11 Å². The van der Waals surface area contributed by atoms with Gasteiger partial charge in [0.2, 0.25) is 0 Å². The van der Waals surface area contributed by atoms with Crippen LogP contribution in [0.5, 0.6) is 0 Å². The number of piperidine rings is 1. The lowest BCUT2D eigenvalue weighted by molar-refractivity contribution is -0.160. The average Bonchev–Trinajstić information content (AvgIpc) is 2.66. The van der Waals surface area contributed by atoms with Crippen LogP contribution in [0.4, 0.5) is 0 Å². The summed E-state index contributed by atoms with van der Waals surface area (Å²) in [5.41, 5.74) is 2.24. The van der Waals surface area contributed by atoms with Crippen molar-refractivity contribution in [2.24, 2.45) is 0 Å². The Morgan fingerprint density at radius 1 is 1.20 bits per heavy atom. The molecule has 2 aliphatic rings. The number of methoxy groups -OCH3 is 1. The Balaban J connectivity index is 1.47. The zero-order valence-electron chi connectivity index (χ0n) is 14.9. The maximum absolute atomic E-state index is 12.5. The Morgan fingerprint density at radius 3 is 2.60 bits per heavy atom.